The van der Waals surface area contributed by atoms with Crippen LogP contribution in [0.4, 0.5) is 5.69 Å². The van der Waals surface area contributed by atoms with Gasteiger partial charge in [0.25, 0.3) is 5.91 Å². The second kappa shape index (κ2) is 7.21. The minimum absolute atomic E-state index is 0.108. The minimum atomic E-state index is -0.452. The molecule has 4 N–H and O–H groups in total. The molecule has 144 valence electrons. The SMILES string of the molecule is NC1=NC2(CCCCC2)N(c2ccc(C(=O)N3CCCCC3)cc2)C(N)=N1. The Labute approximate surface area is 160 Å². The molecule has 1 spiro atoms. The number of aliphatic imine (C=N–C) groups is 2. The first-order valence-corrected chi connectivity index (χ1v) is 9.98. The lowest BCUT2D eigenvalue weighted by molar-refractivity contribution is 0.0724. The van der Waals surface area contributed by atoms with Crippen LogP contribution in [-0.2, 0) is 0 Å². The Balaban J connectivity index is 1.60. The lowest BCUT2D eigenvalue weighted by atomic mass is 9.87. The predicted octanol–water partition coefficient (Wildman–Crippen LogP) is 2.42. The summed E-state index contributed by atoms with van der Waals surface area (Å²) in [5, 5.41) is 0. The molecule has 2 aliphatic heterocycles. The second-order valence-electron chi connectivity index (χ2n) is 7.72. The standard InChI is InChI=1S/C20H28N6O/c21-18-23-19(22)26(20(24-18)11-3-1-4-12-20)16-9-7-15(8-10-16)17(27)25-13-5-2-6-14-25/h7-10H,1-6,11-14H2,(H4,21,22,23,24). The van der Waals surface area contributed by atoms with Crippen LogP contribution >= 0.6 is 0 Å². The molecule has 7 heteroatoms. The number of anilines is 1. The second-order valence-corrected chi connectivity index (χ2v) is 7.72. The van der Waals surface area contributed by atoms with Crippen LogP contribution in [0.25, 0.3) is 0 Å². The molecule has 1 saturated heterocycles. The molecule has 1 aromatic carbocycles. The monoisotopic (exact) mass is 368 g/mol. The van der Waals surface area contributed by atoms with Gasteiger partial charge in [-0.3, -0.25) is 9.69 Å². The fourth-order valence-electron chi connectivity index (χ4n) is 4.53. The van der Waals surface area contributed by atoms with E-state index in [1.54, 1.807) is 0 Å². The highest BCUT2D eigenvalue weighted by Gasteiger charge is 2.42. The van der Waals surface area contributed by atoms with E-state index in [1.165, 1.54) is 12.8 Å². The number of hydrogen-bond acceptors (Lipinski definition) is 6. The van der Waals surface area contributed by atoms with Gasteiger partial charge in [0.1, 0.15) is 5.66 Å². The van der Waals surface area contributed by atoms with Crippen molar-refractivity contribution < 1.29 is 4.79 Å². The summed E-state index contributed by atoms with van der Waals surface area (Å²) in [7, 11) is 0. The molecule has 4 rings (SSSR count). The van der Waals surface area contributed by atoms with E-state index in [1.807, 2.05) is 34.1 Å². The molecule has 1 aliphatic carbocycles. The van der Waals surface area contributed by atoms with Crippen LogP contribution in [0.3, 0.4) is 0 Å². The van der Waals surface area contributed by atoms with Crippen LogP contribution in [0, 0.1) is 0 Å². The number of nitrogens with two attached hydrogens (primary N) is 2. The minimum Gasteiger partial charge on any atom is -0.369 e. The van der Waals surface area contributed by atoms with E-state index in [4.69, 9.17) is 16.5 Å². The molecule has 0 aromatic heterocycles. The molecule has 0 atom stereocenters. The van der Waals surface area contributed by atoms with Crippen LogP contribution in [-0.4, -0.2) is 41.5 Å². The fourth-order valence-corrected chi connectivity index (χ4v) is 4.53. The third kappa shape index (κ3) is 3.38. The number of benzene rings is 1. The number of rotatable bonds is 2. The van der Waals surface area contributed by atoms with Gasteiger partial charge < -0.3 is 16.4 Å². The maximum Gasteiger partial charge on any atom is 0.253 e. The number of hydrogen-bond donors (Lipinski definition) is 2. The number of likely N-dealkylation sites (tertiary alicyclic amines) is 1. The molecular weight excluding hydrogens is 340 g/mol. The van der Waals surface area contributed by atoms with Gasteiger partial charge >= 0.3 is 0 Å². The summed E-state index contributed by atoms with van der Waals surface area (Å²) in [6.45, 7) is 1.70. The van der Waals surface area contributed by atoms with Gasteiger partial charge in [-0.15, -0.1) is 0 Å². The van der Waals surface area contributed by atoms with Crippen LogP contribution in [0.5, 0.6) is 0 Å². The van der Waals surface area contributed by atoms with Gasteiger partial charge in [-0.25, -0.2) is 4.99 Å². The molecule has 0 bridgehead atoms. The van der Waals surface area contributed by atoms with E-state index in [-0.39, 0.29) is 11.9 Å². The Morgan fingerprint density at radius 3 is 2.22 bits per heavy atom. The molecule has 1 aromatic rings. The van der Waals surface area contributed by atoms with Crippen molar-refractivity contribution in [1.82, 2.24) is 4.90 Å². The summed E-state index contributed by atoms with van der Waals surface area (Å²) in [6, 6.07) is 7.68. The highest BCUT2D eigenvalue weighted by molar-refractivity contribution is 6.06. The summed E-state index contributed by atoms with van der Waals surface area (Å²) in [6.07, 6.45) is 8.57. The first-order valence-electron chi connectivity index (χ1n) is 9.98. The number of carbonyl (C=O) groups is 1. The van der Waals surface area contributed by atoms with E-state index in [0.29, 0.717) is 11.5 Å². The largest absolute Gasteiger partial charge is 0.369 e. The molecule has 1 saturated carbocycles. The van der Waals surface area contributed by atoms with E-state index < -0.39 is 5.66 Å². The van der Waals surface area contributed by atoms with E-state index in [2.05, 4.69) is 4.99 Å². The van der Waals surface area contributed by atoms with E-state index in [0.717, 1.165) is 57.3 Å². The van der Waals surface area contributed by atoms with Crippen molar-refractivity contribution in [2.75, 3.05) is 18.0 Å². The number of nitrogens with zero attached hydrogens (tertiary/aromatic N) is 4. The van der Waals surface area contributed by atoms with Gasteiger partial charge in [-0.2, -0.15) is 4.99 Å². The summed E-state index contributed by atoms with van der Waals surface area (Å²) >= 11 is 0. The van der Waals surface area contributed by atoms with Crippen LogP contribution < -0.4 is 16.4 Å². The number of carbonyl (C=O) groups excluding carboxylic acids is 1. The summed E-state index contributed by atoms with van der Waals surface area (Å²) in [4.78, 5) is 25.5. The first-order chi connectivity index (χ1) is 13.1. The van der Waals surface area contributed by atoms with Gasteiger partial charge in [0.05, 0.1) is 0 Å². The number of guanidine groups is 2. The highest BCUT2D eigenvalue weighted by atomic mass is 16.2. The van der Waals surface area contributed by atoms with Crippen molar-refractivity contribution in [2.24, 2.45) is 21.5 Å². The summed E-state index contributed by atoms with van der Waals surface area (Å²) in [5.74, 6) is 0.734. The van der Waals surface area contributed by atoms with Gasteiger partial charge in [0, 0.05) is 24.3 Å². The zero-order valence-corrected chi connectivity index (χ0v) is 15.7. The maximum absolute atomic E-state index is 12.7. The zero-order chi connectivity index (χ0) is 18.9. The molecular formula is C20H28N6O. The van der Waals surface area contributed by atoms with E-state index in [9.17, 15) is 4.79 Å². The Hall–Kier alpha value is -2.57. The van der Waals surface area contributed by atoms with Gasteiger partial charge in [-0.1, -0.05) is 6.42 Å². The Morgan fingerprint density at radius 1 is 0.926 bits per heavy atom. The molecule has 0 unspecified atom stereocenters. The predicted molar refractivity (Wildman–Crippen MR) is 108 cm³/mol. The van der Waals surface area contributed by atoms with Crippen molar-refractivity contribution in [3.63, 3.8) is 0 Å². The van der Waals surface area contributed by atoms with Crippen molar-refractivity contribution in [2.45, 2.75) is 57.0 Å². The first kappa shape index (κ1) is 17.8. The molecule has 0 radical (unpaired) electrons. The normalized spacial score (nSPS) is 22.4. The van der Waals surface area contributed by atoms with Gasteiger partial charge in [-0.05, 0) is 69.2 Å². The third-order valence-corrected chi connectivity index (χ3v) is 5.87. The summed E-state index contributed by atoms with van der Waals surface area (Å²) in [5.41, 5.74) is 13.4. The lowest BCUT2D eigenvalue weighted by Crippen LogP contribution is -2.58. The zero-order valence-electron chi connectivity index (χ0n) is 15.7. The number of amides is 1. The topological polar surface area (TPSA) is 100 Å². The molecule has 2 fully saturated rings. The van der Waals surface area contributed by atoms with Crippen molar-refractivity contribution >= 4 is 23.5 Å². The van der Waals surface area contributed by atoms with Crippen LogP contribution in [0.1, 0.15) is 61.7 Å². The van der Waals surface area contributed by atoms with Crippen LogP contribution in [0.15, 0.2) is 34.3 Å². The van der Waals surface area contributed by atoms with Crippen molar-refractivity contribution in [3.05, 3.63) is 29.8 Å². The lowest BCUT2D eigenvalue weighted by Gasteiger charge is -2.45. The third-order valence-electron chi connectivity index (χ3n) is 5.87. The average Bonchev–Trinajstić information content (AvgIpc) is 2.68. The average molecular weight is 368 g/mol. The fraction of sp³-hybridized carbons (Fsp3) is 0.550. The Bertz CT molecular complexity index is 757. The van der Waals surface area contributed by atoms with Crippen LogP contribution in [0.2, 0.25) is 0 Å². The number of piperidine rings is 1. The van der Waals surface area contributed by atoms with Crippen molar-refractivity contribution in [1.29, 1.82) is 0 Å². The maximum atomic E-state index is 12.7. The molecule has 3 aliphatic rings. The molecule has 2 heterocycles. The van der Waals surface area contributed by atoms with Gasteiger partial charge in [0.2, 0.25) is 11.9 Å². The Kier molecular flexibility index (Phi) is 4.76. The molecule has 27 heavy (non-hydrogen) atoms. The quantitative estimate of drug-likeness (QED) is 0.837. The molecule has 1 amide bonds. The smallest absolute Gasteiger partial charge is 0.253 e. The molecule has 7 nitrogen and oxygen atoms in total. The van der Waals surface area contributed by atoms with Crippen molar-refractivity contribution in [3.8, 4) is 0 Å². The Morgan fingerprint density at radius 2 is 1.56 bits per heavy atom. The van der Waals surface area contributed by atoms with Gasteiger partial charge in [0.15, 0.2) is 0 Å². The summed E-state index contributed by atoms with van der Waals surface area (Å²) < 4.78 is 0. The highest BCUT2D eigenvalue weighted by Crippen LogP contribution is 2.39. The van der Waals surface area contributed by atoms with E-state index >= 15 is 0 Å².